The lowest BCUT2D eigenvalue weighted by Crippen LogP contribution is -2.57. The molecule has 1 amide bonds. The molecule has 0 saturated carbocycles. The van der Waals surface area contributed by atoms with Gasteiger partial charge in [0.25, 0.3) is 11.8 Å². The van der Waals surface area contributed by atoms with Crippen LogP contribution in [-0.2, 0) is 6.54 Å². The van der Waals surface area contributed by atoms with Gasteiger partial charge in [0.1, 0.15) is 11.5 Å². The Bertz CT molecular complexity index is 917. The van der Waals surface area contributed by atoms with Crippen LogP contribution in [-0.4, -0.2) is 40.1 Å². The molecule has 4 heterocycles. The number of halogens is 2. The monoisotopic (exact) mass is 375 g/mol. The van der Waals surface area contributed by atoms with Crippen molar-refractivity contribution in [3.8, 4) is 10.6 Å². The van der Waals surface area contributed by atoms with E-state index in [-0.39, 0.29) is 23.8 Å². The van der Waals surface area contributed by atoms with Gasteiger partial charge >= 0.3 is 0 Å². The van der Waals surface area contributed by atoms with E-state index in [1.54, 1.807) is 23.5 Å². The summed E-state index contributed by atoms with van der Waals surface area (Å²) in [5.41, 5.74) is 1.85. The average Bonchev–Trinajstić information content (AvgIpc) is 3.28. The summed E-state index contributed by atoms with van der Waals surface area (Å²) in [5, 5.41) is 11.9. The fraction of sp³-hybridized carbons (Fsp3) is 0.235. The second-order valence-electron chi connectivity index (χ2n) is 6.02. The summed E-state index contributed by atoms with van der Waals surface area (Å²) in [6, 6.07) is 8.97. The molecule has 1 saturated heterocycles. The molecule has 9 heteroatoms. The Morgan fingerprint density at radius 1 is 1.35 bits per heavy atom. The number of amides is 1. The molecule has 0 aliphatic carbocycles. The average molecular weight is 375 g/mol. The molecular formula is C17H15F2N5OS. The first-order valence-corrected chi connectivity index (χ1v) is 8.84. The number of alkyl halides is 2. The lowest BCUT2D eigenvalue weighted by atomic mass is 10.1. The zero-order chi connectivity index (χ0) is 18.1. The normalized spacial score (nSPS) is 15.5. The minimum Gasteiger partial charge on any atom is -0.346 e. The van der Waals surface area contributed by atoms with Crippen LogP contribution in [0.25, 0.3) is 10.6 Å². The van der Waals surface area contributed by atoms with Gasteiger partial charge in [0.05, 0.1) is 35.8 Å². The molecule has 26 heavy (non-hydrogen) atoms. The van der Waals surface area contributed by atoms with Crippen LogP contribution < -0.4 is 10.2 Å². The number of aromatic nitrogens is 3. The van der Waals surface area contributed by atoms with Crippen molar-refractivity contribution in [2.45, 2.75) is 12.5 Å². The van der Waals surface area contributed by atoms with Gasteiger partial charge in [-0.15, -0.1) is 11.3 Å². The highest BCUT2D eigenvalue weighted by Gasteiger charge is 2.45. The summed E-state index contributed by atoms with van der Waals surface area (Å²) < 4.78 is 26.2. The first kappa shape index (κ1) is 16.6. The number of hydrogen-bond donors (Lipinski definition) is 2. The zero-order valence-electron chi connectivity index (χ0n) is 13.6. The zero-order valence-corrected chi connectivity index (χ0v) is 14.4. The standard InChI is InChI=1S/C17H15F2N5OS/c18-17(19)9-24(10-17)15-12(3-1-5-20-15)16(25)21-8-11-7-13(23-22-11)14-4-2-6-26-14/h1-7H,8-10H2,(H,21,25)(H,22,23). The van der Waals surface area contributed by atoms with Crippen LogP contribution in [0.4, 0.5) is 14.6 Å². The van der Waals surface area contributed by atoms with Crippen molar-refractivity contribution >= 4 is 23.1 Å². The second-order valence-corrected chi connectivity index (χ2v) is 6.97. The third-order valence-corrected chi connectivity index (χ3v) is 4.91. The Labute approximate surface area is 151 Å². The number of hydrogen-bond acceptors (Lipinski definition) is 5. The summed E-state index contributed by atoms with van der Waals surface area (Å²) >= 11 is 1.58. The molecule has 0 aromatic carbocycles. The summed E-state index contributed by atoms with van der Waals surface area (Å²) in [6.07, 6.45) is 1.49. The van der Waals surface area contributed by atoms with Gasteiger partial charge in [0, 0.05) is 6.20 Å². The van der Waals surface area contributed by atoms with Gasteiger partial charge in [-0.3, -0.25) is 9.89 Å². The van der Waals surface area contributed by atoms with E-state index in [1.807, 2.05) is 23.6 Å². The van der Waals surface area contributed by atoms with E-state index < -0.39 is 19.0 Å². The summed E-state index contributed by atoms with van der Waals surface area (Å²) in [6.45, 7) is -0.592. The van der Waals surface area contributed by atoms with E-state index in [0.29, 0.717) is 0 Å². The van der Waals surface area contributed by atoms with Crippen LogP contribution in [0.5, 0.6) is 0 Å². The maximum absolute atomic E-state index is 13.1. The third kappa shape index (κ3) is 3.30. The molecule has 0 spiro atoms. The van der Waals surface area contributed by atoms with Gasteiger partial charge in [-0.05, 0) is 29.6 Å². The Balaban J connectivity index is 1.43. The van der Waals surface area contributed by atoms with E-state index >= 15 is 0 Å². The molecular weight excluding hydrogens is 360 g/mol. The van der Waals surface area contributed by atoms with E-state index in [0.717, 1.165) is 16.3 Å². The highest BCUT2D eigenvalue weighted by atomic mass is 32.1. The molecule has 1 aliphatic heterocycles. The van der Waals surface area contributed by atoms with E-state index in [2.05, 4.69) is 20.5 Å². The molecule has 4 rings (SSSR count). The first-order valence-electron chi connectivity index (χ1n) is 7.96. The maximum atomic E-state index is 13.1. The number of nitrogens with one attached hydrogen (secondary N) is 2. The molecule has 0 unspecified atom stereocenters. The summed E-state index contributed by atoms with van der Waals surface area (Å²) in [5.74, 6) is -2.81. The Hall–Kier alpha value is -2.81. The SMILES string of the molecule is O=C(NCc1cc(-c2cccs2)n[nH]1)c1cccnc1N1CC(F)(F)C1. The number of aromatic amines is 1. The van der Waals surface area contributed by atoms with Crippen LogP contribution in [0.1, 0.15) is 16.1 Å². The smallest absolute Gasteiger partial charge is 0.282 e. The van der Waals surface area contributed by atoms with Gasteiger partial charge in [0.2, 0.25) is 0 Å². The predicted molar refractivity (Wildman–Crippen MR) is 94.5 cm³/mol. The molecule has 3 aromatic heterocycles. The number of anilines is 1. The second kappa shape index (κ2) is 6.49. The number of pyridine rings is 1. The van der Waals surface area contributed by atoms with Crippen LogP contribution in [0, 0.1) is 0 Å². The minimum absolute atomic E-state index is 0.252. The van der Waals surface area contributed by atoms with Crippen LogP contribution in [0.2, 0.25) is 0 Å². The van der Waals surface area contributed by atoms with Gasteiger partial charge in [0.15, 0.2) is 0 Å². The van der Waals surface area contributed by atoms with Crippen molar-refractivity contribution in [3.63, 3.8) is 0 Å². The largest absolute Gasteiger partial charge is 0.346 e. The van der Waals surface area contributed by atoms with Crippen molar-refractivity contribution in [3.05, 3.63) is 53.2 Å². The summed E-state index contributed by atoms with van der Waals surface area (Å²) in [7, 11) is 0. The minimum atomic E-state index is -2.72. The van der Waals surface area contributed by atoms with E-state index in [1.165, 1.54) is 11.1 Å². The Morgan fingerprint density at radius 2 is 2.19 bits per heavy atom. The first-order chi connectivity index (χ1) is 12.5. The molecule has 0 radical (unpaired) electrons. The number of carbonyl (C=O) groups is 1. The number of carbonyl (C=O) groups excluding carboxylic acids is 1. The van der Waals surface area contributed by atoms with Gasteiger partial charge in [-0.25, -0.2) is 13.8 Å². The highest BCUT2D eigenvalue weighted by molar-refractivity contribution is 7.13. The molecule has 6 nitrogen and oxygen atoms in total. The van der Waals surface area contributed by atoms with Crippen LogP contribution in [0.3, 0.4) is 0 Å². The Kier molecular flexibility index (Phi) is 4.15. The van der Waals surface area contributed by atoms with Crippen molar-refractivity contribution in [2.75, 3.05) is 18.0 Å². The van der Waals surface area contributed by atoms with Crippen molar-refractivity contribution < 1.29 is 13.6 Å². The van der Waals surface area contributed by atoms with Crippen LogP contribution >= 0.6 is 11.3 Å². The van der Waals surface area contributed by atoms with E-state index in [4.69, 9.17) is 0 Å². The number of H-pyrrole nitrogens is 1. The molecule has 0 bridgehead atoms. The number of rotatable bonds is 5. The number of nitrogens with zero attached hydrogens (tertiary/aromatic N) is 3. The topological polar surface area (TPSA) is 73.9 Å². The van der Waals surface area contributed by atoms with Crippen LogP contribution in [0.15, 0.2) is 41.9 Å². The van der Waals surface area contributed by atoms with Crippen molar-refractivity contribution in [1.29, 1.82) is 0 Å². The lowest BCUT2D eigenvalue weighted by molar-refractivity contribution is -0.0267. The van der Waals surface area contributed by atoms with Gasteiger partial charge < -0.3 is 10.2 Å². The lowest BCUT2D eigenvalue weighted by Gasteiger charge is -2.40. The van der Waals surface area contributed by atoms with Crippen molar-refractivity contribution in [2.24, 2.45) is 0 Å². The molecule has 134 valence electrons. The fourth-order valence-electron chi connectivity index (χ4n) is 2.76. The molecule has 0 atom stereocenters. The maximum Gasteiger partial charge on any atom is 0.282 e. The highest BCUT2D eigenvalue weighted by Crippen LogP contribution is 2.32. The van der Waals surface area contributed by atoms with E-state index in [9.17, 15) is 13.6 Å². The third-order valence-electron chi connectivity index (χ3n) is 4.02. The quantitative estimate of drug-likeness (QED) is 0.719. The predicted octanol–water partition coefficient (Wildman–Crippen LogP) is 2.92. The van der Waals surface area contributed by atoms with Gasteiger partial charge in [-0.1, -0.05) is 6.07 Å². The molecule has 1 aliphatic rings. The van der Waals surface area contributed by atoms with Gasteiger partial charge in [-0.2, -0.15) is 5.10 Å². The molecule has 2 N–H and O–H groups in total. The number of thiophene rings is 1. The Morgan fingerprint density at radius 3 is 2.92 bits per heavy atom. The van der Waals surface area contributed by atoms with Crippen molar-refractivity contribution in [1.82, 2.24) is 20.5 Å². The fourth-order valence-corrected chi connectivity index (χ4v) is 3.45. The molecule has 3 aromatic rings. The summed E-state index contributed by atoms with van der Waals surface area (Å²) in [4.78, 5) is 19.0. The molecule has 1 fully saturated rings.